The van der Waals surface area contributed by atoms with Gasteiger partial charge in [-0.3, -0.25) is 14.9 Å². The highest BCUT2D eigenvalue weighted by Gasteiger charge is 2.24. The number of benzene rings is 1. The van der Waals surface area contributed by atoms with Crippen LogP contribution in [0, 0.1) is 21.4 Å². The van der Waals surface area contributed by atoms with Crippen LogP contribution < -0.4 is 4.90 Å². The molecule has 0 N–H and O–H groups in total. The van der Waals surface area contributed by atoms with Gasteiger partial charge >= 0.3 is 0 Å². The largest absolute Gasteiger partial charge is 0.371 e. The van der Waals surface area contributed by atoms with Gasteiger partial charge in [-0.05, 0) is 18.9 Å². The van der Waals surface area contributed by atoms with E-state index in [0.29, 0.717) is 12.1 Å². The summed E-state index contributed by atoms with van der Waals surface area (Å²) in [5, 5.41) is 19.6. The highest BCUT2D eigenvalue weighted by atomic mass is 16.6. The van der Waals surface area contributed by atoms with Crippen molar-refractivity contribution in [2.24, 2.45) is 0 Å². The lowest BCUT2D eigenvalue weighted by Gasteiger charge is -2.23. The monoisotopic (exact) mass is 302 g/mol. The second-order valence-electron chi connectivity index (χ2n) is 5.29. The summed E-state index contributed by atoms with van der Waals surface area (Å²) >= 11 is 0. The first kappa shape index (κ1) is 15.8. The van der Waals surface area contributed by atoms with Crippen molar-refractivity contribution in [1.29, 1.82) is 5.26 Å². The number of nitriles is 1. The van der Waals surface area contributed by atoms with E-state index in [4.69, 9.17) is 5.26 Å². The molecule has 1 aliphatic rings. The number of non-ortho nitro benzene ring substituents is 1. The Labute approximate surface area is 128 Å². The van der Waals surface area contributed by atoms with Crippen LogP contribution in [0.5, 0.6) is 0 Å². The van der Waals surface area contributed by atoms with Crippen molar-refractivity contribution >= 4 is 17.3 Å². The maximum atomic E-state index is 12.6. The second-order valence-corrected chi connectivity index (χ2v) is 5.29. The standard InChI is InChI=1S/C15H18N4O3/c1-17(8-4-7-16)15(20)13-11-12(19(21)22)5-6-14(13)18-9-2-3-10-18/h5-6,11H,2-4,8-10H2,1H3. The van der Waals surface area contributed by atoms with Gasteiger partial charge in [0.1, 0.15) is 0 Å². The molecule has 0 radical (unpaired) electrons. The molecular formula is C15H18N4O3. The minimum atomic E-state index is -0.500. The van der Waals surface area contributed by atoms with Gasteiger partial charge in [-0.2, -0.15) is 5.26 Å². The Morgan fingerprint density at radius 2 is 2.14 bits per heavy atom. The van der Waals surface area contributed by atoms with E-state index in [-0.39, 0.29) is 18.0 Å². The van der Waals surface area contributed by atoms with Gasteiger partial charge < -0.3 is 9.80 Å². The predicted molar refractivity (Wildman–Crippen MR) is 81.7 cm³/mol. The Bertz CT molecular complexity index is 618. The lowest BCUT2D eigenvalue weighted by molar-refractivity contribution is -0.384. The van der Waals surface area contributed by atoms with Crippen molar-refractivity contribution in [1.82, 2.24) is 4.90 Å². The van der Waals surface area contributed by atoms with Crippen LogP contribution in [0.1, 0.15) is 29.6 Å². The van der Waals surface area contributed by atoms with Gasteiger partial charge in [0.05, 0.1) is 28.7 Å². The van der Waals surface area contributed by atoms with Gasteiger partial charge in [-0.1, -0.05) is 0 Å². The fraction of sp³-hybridized carbons (Fsp3) is 0.467. The molecule has 1 aromatic carbocycles. The normalized spacial score (nSPS) is 13.7. The van der Waals surface area contributed by atoms with E-state index in [1.807, 2.05) is 6.07 Å². The van der Waals surface area contributed by atoms with Gasteiger partial charge in [0.25, 0.3) is 11.6 Å². The molecule has 2 rings (SSSR count). The molecule has 1 amide bonds. The van der Waals surface area contributed by atoms with Gasteiger partial charge in [0, 0.05) is 38.8 Å². The Morgan fingerprint density at radius 1 is 1.45 bits per heavy atom. The van der Waals surface area contributed by atoms with Crippen molar-refractivity contribution in [3.05, 3.63) is 33.9 Å². The van der Waals surface area contributed by atoms with E-state index >= 15 is 0 Å². The molecule has 0 spiro atoms. The molecule has 7 heteroatoms. The molecule has 1 aliphatic heterocycles. The molecule has 116 valence electrons. The maximum Gasteiger partial charge on any atom is 0.270 e. The Morgan fingerprint density at radius 3 is 2.73 bits per heavy atom. The smallest absolute Gasteiger partial charge is 0.270 e. The van der Waals surface area contributed by atoms with Crippen LogP contribution in [0.25, 0.3) is 0 Å². The first-order valence-corrected chi connectivity index (χ1v) is 7.20. The summed E-state index contributed by atoms with van der Waals surface area (Å²) in [6.07, 6.45) is 2.33. The molecule has 0 unspecified atom stereocenters. The van der Waals surface area contributed by atoms with Crippen molar-refractivity contribution < 1.29 is 9.72 Å². The number of hydrogen-bond acceptors (Lipinski definition) is 5. The van der Waals surface area contributed by atoms with Crippen molar-refractivity contribution in [3.8, 4) is 6.07 Å². The van der Waals surface area contributed by atoms with Crippen LogP contribution in [0.15, 0.2) is 18.2 Å². The van der Waals surface area contributed by atoms with E-state index in [2.05, 4.69) is 4.90 Å². The van der Waals surface area contributed by atoms with E-state index in [1.54, 1.807) is 13.1 Å². The van der Waals surface area contributed by atoms with Crippen LogP contribution in [-0.4, -0.2) is 42.4 Å². The third-order valence-corrected chi connectivity index (χ3v) is 3.77. The van der Waals surface area contributed by atoms with Gasteiger partial charge in [0.2, 0.25) is 0 Å². The fourth-order valence-electron chi connectivity index (χ4n) is 2.57. The number of amides is 1. The fourth-order valence-corrected chi connectivity index (χ4v) is 2.57. The van der Waals surface area contributed by atoms with Gasteiger partial charge in [-0.25, -0.2) is 0 Å². The lowest BCUT2D eigenvalue weighted by Crippen LogP contribution is -2.30. The van der Waals surface area contributed by atoms with Gasteiger partial charge in [0.15, 0.2) is 0 Å². The zero-order valence-electron chi connectivity index (χ0n) is 12.5. The molecule has 1 fully saturated rings. The summed E-state index contributed by atoms with van der Waals surface area (Å²) in [5.41, 5.74) is 0.966. The summed E-state index contributed by atoms with van der Waals surface area (Å²) in [7, 11) is 1.60. The van der Waals surface area contributed by atoms with Crippen LogP contribution in [0.4, 0.5) is 11.4 Å². The number of carbonyl (C=O) groups excluding carboxylic acids is 1. The molecule has 0 saturated carbocycles. The van der Waals surface area contributed by atoms with E-state index in [0.717, 1.165) is 31.6 Å². The van der Waals surface area contributed by atoms with Crippen molar-refractivity contribution in [2.45, 2.75) is 19.3 Å². The van der Waals surface area contributed by atoms with Crippen molar-refractivity contribution in [3.63, 3.8) is 0 Å². The average Bonchev–Trinajstić information content (AvgIpc) is 3.05. The first-order chi connectivity index (χ1) is 10.5. The minimum Gasteiger partial charge on any atom is -0.371 e. The number of nitro benzene ring substituents is 1. The third-order valence-electron chi connectivity index (χ3n) is 3.77. The molecular weight excluding hydrogens is 284 g/mol. The maximum absolute atomic E-state index is 12.6. The van der Waals surface area contributed by atoms with E-state index in [1.165, 1.54) is 17.0 Å². The van der Waals surface area contributed by atoms with Crippen LogP contribution in [0.3, 0.4) is 0 Å². The van der Waals surface area contributed by atoms with Crippen LogP contribution in [-0.2, 0) is 0 Å². The second kappa shape index (κ2) is 6.89. The SMILES string of the molecule is CN(CCC#N)C(=O)c1cc([N+](=O)[O-])ccc1N1CCCC1. The minimum absolute atomic E-state index is 0.0972. The molecule has 0 bridgehead atoms. The summed E-state index contributed by atoms with van der Waals surface area (Å²) in [6, 6.07) is 6.40. The quantitative estimate of drug-likeness (QED) is 0.614. The molecule has 22 heavy (non-hydrogen) atoms. The Balaban J connectivity index is 2.36. The van der Waals surface area contributed by atoms with E-state index < -0.39 is 4.92 Å². The topological polar surface area (TPSA) is 90.5 Å². The molecule has 1 heterocycles. The number of nitro groups is 1. The number of carbonyl (C=O) groups is 1. The first-order valence-electron chi connectivity index (χ1n) is 7.20. The van der Waals surface area contributed by atoms with Crippen LogP contribution >= 0.6 is 0 Å². The molecule has 0 aromatic heterocycles. The van der Waals surface area contributed by atoms with E-state index in [9.17, 15) is 14.9 Å². The zero-order chi connectivity index (χ0) is 16.1. The lowest BCUT2D eigenvalue weighted by atomic mass is 10.1. The third kappa shape index (κ3) is 3.34. The number of nitrogens with zero attached hydrogens (tertiary/aromatic N) is 4. The number of hydrogen-bond donors (Lipinski definition) is 0. The number of rotatable bonds is 5. The van der Waals surface area contributed by atoms with Crippen molar-refractivity contribution in [2.75, 3.05) is 31.6 Å². The molecule has 7 nitrogen and oxygen atoms in total. The molecule has 1 aromatic rings. The average molecular weight is 302 g/mol. The van der Waals surface area contributed by atoms with Crippen LogP contribution in [0.2, 0.25) is 0 Å². The summed E-state index contributed by atoms with van der Waals surface area (Å²) in [6.45, 7) is 2.00. The molecule has 1 saturated heterocycles. The highest BCUT2D eigenvalue weighted by molar-refractivity contribution is 6.00. The van der Waals surface area contributed by atoms with Gasteiger partial charge in [-0.15, -0.1) is 0 Å². The molecule has 0 atom stereocenters. The highest BCUT2D eigenvalue weighted by Crippen LogP contribution is 2.29. The zero-order valence-corrected chi connectivity index (χ0v) is 12.5. The summed E-state index contributed by atoms with van der Waals surface area (Å²) in [4.78, 5) is 26.6. The number of anilines is 1. The Hall–Kier alpha value is -2.62. The summed E-state index contributed by atoms with van der Waals surface area (Å²) in [5.74, 6) is -0.291. The summed E-state index contributed by atoms with van der Waals surface area (Å²) < 4.78 is 0. The Kier molecular flexibility index (Phi) is 4.94. The predicted octanol–water partition coefficient (Wildman–Crippen LogP) is 2.18. The molecule has 0 aliphatic carbocycles.